The molecule has 0 aliphatic carbocycles. The summed E-state index contributed by atoms with van der Waals surface area (Å²) in [5.74, 6) is -2.99. The number of hydrogen-bond donors (Lipinski definition) is 2. The monoisotopic (exact) mass is 368 g/mol. The minimum Gasteiger partial charge on any atom is -0.493 e. The first-order valence-electron chi connectivity index (χ1n) is 8.06. The highest BCUT2D eigenvalue weighted by Crippen LogP contribution is 2.28. The van der Waals surface area contributed by atoms with Gasteiger partial charge in [-0.15, -0.1) is 0 Å². The minimum absolute atomic E-state index is 0.115. The molecule has 2 saturated heterocycles. The summed E-state index contributed by atoms with van der Waals surface area (Å²) < 4.78 is 32.0. The molecule has 10 heteroatoms. The Morgan fingerprint density at radius 2 is 1.92 bits per heavy atom. The van der Waals surface area contributed by atoms with Gasteiger partial charge in [0.05, 0.1) is 13.5 Å². The molecule has 1 unspecified atom stereocenters. The number of piperazine rings is 1. The molecule has 0 aromatic heterocycles. The van der Waals surface area contributed by atoms with Crippen molar-refractivity contribution >= 4 is 23.5 Å². The molecule has 4 amide bonds. The molecule has 140 valence electrons. The summed E-state index contributed by atoms with van der Waals surface area (Å²) >= 11 is 0. The molecule has 0 spiro atoms. The number of carbonyl (C=O) groups excluding carboxylic acids is 3. The van der Waals surface area contributed by atoms with Crippen molar-refractivity contribution in [3.8, 4) is 5.75 Å². The van der Waals surface area contributed by atoms with Crippen LogP contribution in [0.1, 0.15) is 6.42 Å². The zero-order valence-corrected chi connectivity index (χ0v) is 14.1. The Balaban J connectivity index is 1.59. The first-order valence-corrected chi connectivity index (χ1v) is 8.06. The maximum Gasteiger partial charge on any atom is 0.322 e. The van der Waals surface area contributed by atoms with Crippen LogP contribution in [-0.2, 0) is 9.59 Å². The van der Waals surface area contributed by atoms with E-state index in [1.54, 1.807) is 4.90 Å². The van der Waals surface area contributed by atoms with E-state index in [1.807, 2.05) is 4.90 Å². The first kappa shape index (κ1) is 17.9. The molecule has 1 aromatic rings. The quantitative estimate of drug-likeness (QED) is 0.742. The first-order chi connectivity index (χ1) is 12.4. The van der Waals surface area contributed by atoms with E-state index in [1.165, 1.54) is 13.2 Å². The standard InChI is InChI=1S/C16H18F2N4O4/c1-26-12-7-9(6-10(17)14(12)18)21-2-4-22(5-3-21)13(23)8-11-15(24)20-16(25)19-11/h6-7,11H,2-5,8H2,1H3,(H2,19,20,24,25). The van der Waals surface area contributed by atoms with Crippen molar-refractivity contribution in [1.29, 1.82) is 0 Å². The molecule has 1 aromatic carbocycles. The van der Waals surface area contributed by atoms with Gasteiger partial charge in [0.15, 0.2) is 11.6 Å². The van der Waals surface area contributed by atoms with Crippen molar-refractivity contribution in [1.82, 2.24) is 15.5 Å². The number of urea groups is 1. The third-order valence-corrected chi connectivity index (χ3v) is 4.43. The number of halogens is 2. The van der Waals surface area contributed by atoms with Crippen molar-refractivity contribution in [2.75, 3.05) is 38.2 Å². The van der Waals surface area contributed by atoms with Gasteiger partial charge in [-0.25, -0.2) is 9.18 Å². The molecule has 2 fully saturated rings. The summed E-state index contributed by atoms with van der Waals surface area (Å²) in [5.41, 5.74) is 0.468. The summed E-state index contributed by atoms with van der Waals surface area (Å²) in [6.07, 6.45) is -0.115. The lowest BCUT2D eigenvalue weighted by molar-refractivity contribution is -0.134. The van der Waals surface area contributed by atoms with Gasteiger partial charge in [-0.1, -0.05) is 0 Å². The Bertz CT molecular complexity index is 750. The van der Waals surface area contributed by atoms with Gasteiger partial charge in [0.25, 0.3) is 5.91 Å². The molecule has 0 radical (unpaired) electrons. The SMILES string of the molecule is COc1cc(N2CCN(C(=O)CC3NC(=O)NC3=O)CC2)cc(F)c1F. The average Bonchev–Trinajstić information content (AvgIpc) is 2.94. The number of nitrogens with one attached hydrogen (secondary N) is 2. The second-order valence-corrected chi connectivity index (χ2v) is 6.03. The zero-order chi connectivity index (χ0) is 18.8. The normalized spacial score (nSPS) is 20.0. The number of anilines is 1. The predicted octanol–water partition coefficient (Wildman–Crippen LogP) is 0.220. The van der Waals surface area contributed by atoms with E-state index in [4.69, 9.17) is 4.74 Å². The number of amides is 4. The second-order valence-electron chi connectivity index (χ2n) is 6.03. The molecule has 2 N–H and O–H groups in total. The van der Waals surface area contributed by atoms with E-state index in [-0.39, 0.29) is 18.1 Å². The van der Waals surface area contributed by atoms with Crippen LogP contribution in [0, 0.1) is 11.6 Å². The van der Waals surface area contributed by atoms with Gasteiger partial charge >= 0.3 is 6.03 Å². The van der Waals surface area contributed by atoms with Crippen LogP contribution in [0.4, 0.5) is 19.3 Å². The fourth-order valence-electron chi connectivity index (χ4n) is 3.00. The molecule has 1 atom stereocenters. The maximum atomic E-state index is 13.7. The van der Waals surface area contributed by atoms with Crippen molar-refractivity contribution in [3.63, 3.8) is 0 Å². The van der Waals surface area contributed by atoms with Gasteiger partial charge in [0.1, 0.15) is 6.04 Å². The number of methoxy groups -OCH3 is 1. The fourth-order valence-corrected chi connectivity index (χ4v) is 3.00. The predicted molar refractivity (Wildman–Crippen MR) is 86.8 cm³/mol. The molecule has 3 rings (SSSR count). The van der Waals surface area contributed by atoms with Crippen LogP contribution in [0.5, 0.6) is 5.75 Å². The van der Waals surface area contributed by atoms with Gasteiger partial charge < -0.3 is 19.9 Å². The van der Waals surface area contributed by atoms with Crippen LogP contribution in [0.2, 0.25) is 0 Å². The molecule has 2 heterocycles. The second kappa shape index (κ2) is 7.14. The van der Waals surface area contributed by atoms with Crippen LogP contribution < -0.4 is 20.3 Å². The van der Waals surface area contributed by atoms with E-state index in [2.05, 4.69) is 10.6 Å². The van der Waals surface area contributed by atoms with Gasteiger partial charge in [-0.2, -0.15) is 4.39 Å². The summed E-state index contributed by atoms with van der Waals surface area (Å²) in [6.45, 7) is 1.57. The van der Waals surface area contributed by atoms with E-state index in [9.17, 15) is 23.2 Å². The maximum absolute atomic E-state index is 13.7. The molecular weight excluding hydrogens is 350 g/mol. The molecule has 0 saturated carbocycles. The highest BCUT2D eigenvalue weighted by molar-refractivity contribution is 6.05. The summed E-state index contributed by atoms with van der Waals surface area (Å²) in [5, 5.41) is 4.46. The number of imide groups is 1. The largest absolute Gasteiger partial charge is 0.493 e. The highest BCUT2D eigenvalue weighted by Gasteiger charge is 2.33. The topological polar surface area (TPSA) is 91.0 Å². The Labute approximate surface area is 148 Å². The summed E-state index contributed by atoms with van der Waals surface area (Å²) in [4.78, 5) is 38.3. The third kappa shape index (κ3) is 3.53. The lowest BCUT2D eigenvalue weighted by atomic mass is 10.1. The minimum atomic E-state index is -1.04. The van der Waals surface area contributed by atoms with E-state index in [0.717, 1.165) is 6.07 Å². The molecule has 0 bridgehead atoms. The molecule has 2 aliphatic heterocycles. The van der Waals surface area contributed by atoms with Crippen LogP contribution in [0.15, 0.2) is 12.1 Å². The van der Waals surface area contributed by atoms with Crippen LogP contribution in [-0.4, -0.2) is 62.1 Å². The van der Waals surface area contributed by atoms with Gasteiger partial charge in [0.2, 0.25) is 11.7 Å². The molecule has 8 nitrogen and oxygen atoms in total. The number of nitrogens with zero attached hydrogens (tertiary/aromatic N) is 2. The van der Waals surface area contributed by atoms with Crippen molar-refractivity contribution in [3.05, 3.63) is 23.8 Å². The highest BCUT2D eigenvalue weighted by atomic mass is 19.2. The van der Waals surface area contributed by atoms with E-state index < -0.39 is 29.6 Å². The van der Waals surface area contributed by atoms with Gasteiger partial charge in [-0.3, -0.25) is 14.9 Å². The van der Waals surface area contributed by atoms with E-state index in [0.29, 0.717) is 31.9 Å². The van der Waals surface area contributed by atoms with Gasteiger partial charge in [-0.05, 0) is 0 Å². The summed E-state index contributed by atoms with van der Waals surface area (Å²) in [6, 6.07) is 1.04. The Hall–Kier alpha value is -2.91. The van der Waals surface area contributed by atoms with Crippen molar-refractivity contribution in [2.24, 2.45) is 0 Å². The Kier molecular flexibility index (Phi) is 4.92. The zero-order valence-electron chi connectivity index (χ0n) is 14.1. The number of rotatable bonds is 4. The lowest BCUT2D eigenvalue weighted by Gasteiger charge is -2.36. The fraction of sp³-hybridized carbons (Fsp3) is 0.438. The molecule has 2 aliphatic rings. The number of benzene rings is 1. The smallest absolute Gasteiger partial charge is 0.322 e. The number of hydrogen-bond acceptors (Lipinski definition) is 5. The van der Waals surface area contributed by atoms with Crippen LogP contribution in [0.25, 0.3) is 0 Å². The van der Waals surface area contributed by atoms with Crippen LogP contribution in [0.3, 0.4) is 0 Å². The van der Waals surface area contributed by atoms with Crippen LogP contribution >= 0.6 is 0 Å². The molecular formula is C16H18F2N4O4. The Morgan fingerprint density at radius 1 is 1.23 bits per heavy atom. The Morgan fingerprint density at radius 3 is 2.50 bits per heavy atom. The molecule has 26 heavy (non-hydrogen) atoms. The number of ether oxygens (including phenoxy) is 1. The summed E-state index contributed by atoms with van der Waals surface area (Å²) in [7, 11) is 1.26. The third-order valence-electron chi connectivity index (χ3n) is 4.43. The van der Waals surface area contributed by atoms with E-state index >= 15 is 0 Å². The van der Waals surface area contributed by atoms with Crippen molar-refractivity contribution < 1.29 is 27.9 Å². The number of carbonyl (C=O) groups is 3. The lowest BCUT2D eigenvalue weighted by Crippen LogP contribution is -2.50. The van der Waals surface area contributed by atoms with Gasteiger partial charge in [0, 0.05) is 44.0 Å². The average molecular weight is 368 g/mol. The van der Waals surface area contributed by atoms with Crippen molar-refractivity contribution in [2.45, 2.75) is 12.5 Å².